The monoisotopic (exact) mass is 472 g/mol. The summed E-state index contributed by atoms with van der Waals surface area (Å²) in [6.45, 7) is 5.40. The van der Waals surface area contributed by atoms with Crippen LogP contribution in [0, 0.1) is 0 Å². The molecule has 3 aromatic rings. The van der Waals surface area contributed by atoms with Gasteiger partial charge in [-0.15, -0.1) is 0 Å². The standard InChI is InChI=1S/C21H21ClF4N4O2/c1-3-29(4-2)13-7-5-12(6-8-13)27-21(31)15-10-9-14(32-15)11-30-18(20(25)26)16(22)17(28-30)19(23)24/h5-10,19-20H,3-4,11H2,1-2H3,(H,27,31). The summed E-state index contributed by atoms with van der Waals surface area (Å²) in [6.07, 6.45) is -6.22. The molecule has 0 bridgehead atoms. The molecule has 0 fully saturated rings. The number of benzene rings is 1. The van der Waals surface area contributed by atoms with E-state index in [4.69, 9.17) is 16.0 Å². The number of aromatic nitrogens is 2. The Morgan fingerprint density at radius 3 is 2.31 bits per heavy atom. The fourth-order valence-electron chi connectivity index (χ4n) is 3.21. The maximum Gasteiger partial charge on any atom is 0.291 e. The number of nitrogens with zero attached hydrogens (tertiary/aromatic N) is 3. The molecular formula is C21H21ClF4N4O2. The van der Waals surface area contributed by atoms with E-state index in [9.17, 15) is 22.4 Å². The number of carbonyl (C=O) groups excluding carboxylic acids is 1. The molecule has 0 saturated heterocycles. The molecule has 11 heteroatoms. The van der Waals surface area contributed by atoms with Crippen LogP contribution < -0.4 is 10.2 Å². The number of furan rings is 1. The number of alkyl halides is 4. The minimum atomic E-state index is -3.11. The maximum atomic E-state index is 13.3. The summed E-state index contributed by atoms with van der Waals surface area (Å²) in [5, 5.41) is 5.37. The Morgan fingerprint density at radius 1 is 1.09 bits per heavy atom. The highest BCUT2D eigenvalue weighted by molar-refractivity contribution is 6.32. The van der Waals surface area contributed by atoms with E-state index < -0.39 is 41.7 Å². The van der Waals surface area contributed by atoms with Crippen LogP contribution in [-0.2, 0) is 6.54 Å². The van der Waals surface area contributed by atoms with E-state index >= 15 is 0 Å². The highest BCUT2D eigenvalue weighted by Gasteiger charge is 2.28. The Balaban J connectivity index is 1.72. The second-order valence-corrected chi connectivity index (χ2v) is 7.16. The van der Waals surface area contributed by atoms with Gasteiger partial charge in [0.25, 0.3) is 18.8 Å². The van der Waals surface area contributed by atoms with E-state index in [1.54, 1.807) is 12.1 Å². The van der Waals surface area contributed by atoms with Gasteiger partial charge >= 0.3 is 0 Å². The van der Waals surface area contributed by atoms with Crippen LogP contribution in [0.15, 0.2) is 40.8 Å². The van der Waals surface area contributed by atoms with Crippen molar-refractivity contribution in [2.75, 3.05) is 23.3 Å². The molecule has 3 rings (SSSR count). The topological polar surface area (TPSA) is 63.3 Å². The third-order valence-corrected chi connectivity index (χ3v) is 5.20. The number of carbonyl (C=O) groups is 1. The van der Waals surface area contributed by atoms with Crippen LogP contribution in [-0.4, -0.2) is 28.8 Å². The lowest BCUT2D eigenvalue weighted by Crippen LogP contribution is -2.21. The molecule has 1 N–H and O–H groups in total. The normalized spacial score (nSPS) is 11.4. The summed E-state index contributed by atoms with van der Waals surface area (Å²) >= 11 is 5.64. The van der Waals surface area contributed by atoms with E-state index in [-0.39, 0.29) is 11.5 Å². The second kappa shape index (κ2) is 10.1. The molecule has 2 aromatic heterocycles. The van der Waals surface area contributed by atoms with Gasteiger partial charge in [0.15, 0.2) is 5.76 Å². The molecule has 0 saturated carbocycles. The first-order valence-corrected chi connectivity index (χ1v) is 10.2. The maximum absolute atomic E-state index is 13.3. The largest absolute Gasteiger partial charge is 0.454 e. The Kier molecular flexibility index (Phi) is 7.44. The molecule has 6 nitrogen and oxygen atoms in total. The number of anilines is 2. The number of amides is 1. The van der Waals surface area contributed by atoms with Crippen molar-refractivity contribution in [2.45, 2.75) is 33.2 Å². The van der Waals surface area contributed by atoms with E-state index in [2.05, 4.69) is 15.3 Å². The SMILES string of the molecule is CCN(CC)c1ccc(NC(=O)c2ccc(Cn3nc(C(F)F)c(Cl)c3C(F)F)o2)cc1. The third-order valence-electron chi connectivity index (χ3n) is 4.81. The van der Waals surface area contributed by atoms with Crippen LogP contribution in [0.1, 0.15) is 54.4 Å². The molecule has 2 heterocycles. The molecule has 32 heavy (non-hydrogen) atoms. The predicted molar refractivity (Wildman–Crippen MR) is 113 cm³/mol. The Morgan fingerprint density at radius 2 is 1.75 bits per heavy atom. The lowest BCUT2D eigenvalue weighted by Gasteiger charge is -2.21. The Hall–Kier alpha value is -3.01. The first kappa shape index (κ1) is 23.6. The molecule has 0 aliphatic carbocycles. The van der Waals surface area contributed by atoms with Crippen molar-refractivity contribution in [3.05, 3.63) is 64.3 Å². The molecule has 0 unspecified atom stereocenters. The zero-order valence-corrected chi connectivity index (χ0v) is 18.0. The minimum Gasteiger partial charge on any atom is -0.454 e. The van der Waals surface area contributed by atoms with Gasteiger partial charge in [-0.05, 0) is 50.2 Å². The molecule has 172 valence electrons. The Labute approximate surface area is 186 Å². The average molecular weight is 473 g/mol. The summed E-state index contributed by atoms with van der Waals surface area (Å²) in [6, 6.07) is 10.00. The fourth-order valence-corrected chi connectivity index (χ4v) is 3.51. The molecule has 0 radical (unpaired) electrons. The van der Waals surface area contributed by atoms with Gasteiger partial charge in [-0.25, -0.2) is 17.6 Å². The molecule has 1 amide bonds. The fraction of sp³-hybridized carbons (Fsp3) is 0.333. The lowest BCUT2D eigenvalue weighted by atomic mass is 10.2. The second-order valence-electron chi connectivity index (χ2n) is 6.78. The zero-order valence-electron chi connectivity index (χ0n) is 17.3. The van der Waals surface area contributed by atoms with Crippen LogP contribution in [0.25, 0.3) is 0 Å². The quantitative estimate of drug-likeness (QED) is 0.379. The van der Waals surface area contributed by atoms with Gasteiger partial charge in [0.1, 0.15) is 17.1 Å². The van der Waals surface area contributed by atoms with Crippen molar-refractivity contribution in [3.63, 3.8) is 0 Å². The van der Waals surface area contributed by atoms with Crippen LogP contribution >= 0.6 is 11.6 Å². The number of hydrogen-bond acceptors (Lipinski definition) is 4. The van der Waals surface area contributed by atoms with Crippen molar-refractivity contribution in [1.29, 1.82) is 0 Å². The van der Waals surface area contributed by atoms with E-state index in [1.165, 1.54) is 12.1 Å². The van der Waals surface area contributed by atoms with E-state index in [0.717, 1.165) is 18.8 Å². The highest BCUT2D eigenvalue weighted by Crippen LogP contribution is 2.35. The summed E-state index contributed by atoms with van der Waals surface area (Å²) in [5.41, 5.74) is -0.203. The summed E-state index contributed by atoms with van der Waals surface area (Å²) in [7, 11) is 0. The summed E-state index contributed by atoms with van der Waals surface area (Å²) in [5.74, 6) is -0.541. The van der Waals surface area contributed by atoms with Crippen LogP contribution in [0.5, 0.6) is 0 Å². The highest BCUT2D eigenvalue weighted by atomic mass is 35.5. The van der Waals surface area contributed by atoms with Gasteiger partial charge in [0.05, 0.1) is 11.6 Å². The molecule has 0 aliphatic rings. The first-order chi connectivity index (χ1) is 15.2. The molecule has 0 atom stereocenters. The predicted octanol–water partition coefficient (Wildman–Crippen LogP) is 6.15. The van der Waals surface area contributed by atoms with Crippen molar-refractivity contribution < 1.29 is 26.8 Å². The minimum absolute atomic E-state index is 0.0706. The van der Waals surface area contributed by atoms with Gasteiger partial charge in [0, 0.05) is 24.5 Å². The number of rotatable bonds is 9. The van der Waals surface area contributed by atoms with Crippen LogP contribution in [0.3, 0.4) is 0 Å². The van der Waals surface area contributed by atoms with Crippen LogP contribution in [0.4, 0.5) is 28.9 Å². The van der Waals surface area contributed by atoms with Crippen molar-refractivity contribution in [1.82, 2.24) is 9.78 Å². The number of hydrogen-bond donors (Lipinski definition) is 1. The molecule has 0 aliphatic heterocycles. The third kappa shape index (κ3) is 5.07. The molecule has 1 aromatic carbocycles. The molecule has 0 spiro atoms. The van der Waals surface area contributed by atoms with Gasteiger partial charge in [-0.2, -0.15) is 5.10 Å². The Bertz CT molecular complexity index is 1060. The van der Waals surface area contributed by atoms with E-state index in [0.29, 0.717) is 10.4 Å². The zero-order chi connectivity index (χ0) is 23.4. The lowest BCUT2D eigenvalue weighted by molar-refractivity contribution is 0.0994. The summed E-state index contributed by atoms with van der Waals surface area (Å²) in [4.78, 5) is 14.6. The average Bonchev–Trinajstić information content (AvgIpc) is 3.35. The number of nitrogens with one attached hydrogen (secondary N) is 1. The smallest absolute Gasteiger partial charge is 0.291 e. The van der Waals surface area contributed by atoms with Crippen molar-refractivity contribution in [3.8, 4) is 0 Å². The van der Waals surface area contributed by atoms with Gasteiger partial charge in [-0.3, -0.25) is 9.48 Å². The summed E-state index contributed by atoms with van der Waals surface area (Å²) < 4.78 is 58.6. The van der Waals surface area contributed by atoms with Crippen molar-refractivity contribution >= 4 is 28.9 Å². The van der Waals surface area contributed by atoms with E-state index in [1.807, 2.05) is 26.0 Å². The van der Waals surface area contributed by atoms with Gasteiger partial charge in [0.2, 0.25) is 0 Å². The van der Waals surface area contributed by atoms with Gasteiger partial charge in [-0.1, -0.05) is 11.6 Å². The first-order valence-electron chi connectivity index (χ1n) is 9.82. The van der Waals surface area contributed by atoms with Crippen molar-refractivity contribution in [2.24, 2.45) is 0 Å². The van der Waals surface area contributed by atoms with Gasteiger partial charge < -0.3 is 14.6 Å². The molecular weight excluding hydrogens is 452 g/mol. The van der Waals surface area contributed by atoms with Crippen LogP contribution in [0.2, 0.25) is 5.02 Å². The number of halogens is 5.